The van der Waals surface area contributed by atoms with E-state index in [-0.39, 0.29) is 5.91 Å². The predicted octanol–water partition coefficient (Wildman–Crippen LogP) is 3.37. The fraction of sp³-hybridized carbons (Fsp3) is 0.125. The van der Waals surface area contributed by atoms with E-state index in [1.54, 1.807) is 19.4 Å². The Hall–Kier alpha value is -1.89. The van der Waals surface area contributed by atoms with Gasteiger partial charge in [-0.05, 0) is 53.3 Å². The van der Waals surface area contributed by atoms with Gasteiger partial charge in [0.2, 0.25) is 0 Å². The SMILES string of the molecule is COc1cc(C)ccc1C(=O)N/N=C\c1ccccc1I. The molecule has 2 rings (SSSR count). The van der Waals surface area contributed by atoms with Gasteiger partial charge in [-0.15, -0.1) is 0 Å². The van der Waals surface area contributed by atoms with Crippen molar-refractivity contribution in [2.24, 2.45) is 5.10 Å². The van der Waals surface area contributed by atoms with E-state index in [0.717, 1.165) is 14.7 Å². The molecule has 0 fully saturated rings. The van der Waals surface area contributed by atoms with Crippen molar-refractivity contribution in [3.05, 3.63) is 62.7 Å². The summed E-state index contributed by atoms with van der Waals surface area (Å²) >= 11 is 2.22. The zero-order valence-corrected chi connectivity index (χ0v) is 13.9. The number of methoxy groups -OCH3 is 1. The highest BCUT2D eigenvalue weighted by Gasteiger charge is 2.11. The molecule has 1 amide bonds. The van der Waals surface area contributed by atoms with Crippen LogP contribution in [-0.4, -0.2) is 19.2 Å². The van der Waals surface area contributed by atoms with E-state index in [2.05, 4.69) is 33.1 Å². The van der Waals surface area contributed by atoms with Gasteiger partial charge < -0.3 is 4.74 Å². The van der Waals surface area contributed by atoms with Crippen LogP contribution in [0.5, 0.6) is 5.75 Å². The van der Waals surface area contributed by atoms with Gasteiger partial charge in [0.15, 0.2) is 0 Å². The van der Waals surface area contributed by atoms with Crippen molar-refractivity contribution in [1.82, 2.24) is 5.43 Å². The number of nitrogens with one attached hydrogen (secondary N) is 1. The molecule has 0 radical (unpaired) electrons. The number of carbonyl (C=O) groups is 1. The fourth-order valence-electron chi connectivity index (χ4n) is 1.79. The monoisotopic (exact) mass is 394 g/mol. The topological polar surface area (TPSA) is 50.7 Å². The first-order chi connectivity index (χ1) is 10.1. The number of ether oxygens (including phenoxy) is 1. The number of halogens is 1. The van der Waals surface area contributed by atoms with Gasteiger partial charge in [0.1, 0.15) is 5.75 Å². The van der Waals surface area contributed by atoms with Gasteiger partial charge in [-0.25, -0.2) is 5.43 Å². The quantitative estimate of drug-likeness (QED) is 0.491. The van der Waals surface area contributed by atoms with Crippen molar-refractivity contribution in [1.29, 1.82) is 0 Å². The lowest BCUT2D eigenvalue weighted by atomic mass is 10.1. The van der Waals surface area contributed by atoms with Gasteiger partial charge in [-0.1, -0.05) is 24.3 Å². The molecule has 2 aromatic carbocycles. The Morgan fingerprint density at radius 3 is 2.76 bits per heavy atom. The third kappa shape index (κ3) is 4.04. The van der Waals surface area contributed by atoms with Gasteiger partial charge in [-0.3, -0.25) is 4.79 Å². The summed E-state index contributed by atoms with van der Waals surface area (Å²) < 4.78 is 6.29. The van der Waals surface area contributed by atoms with Crippen LogP contribution in [-0.2, 0) is 0 Å². The second-order valence-corrected chi connectivity index (χ2v) is 5.59. The molecule has 0 spiro atoms. The van der Waals surface area contributed by atoms with Crippen molar-refractivity contribution in [2.75, 3.05) is 7.11 Å². The van der Waals surface area contributed by atoms with Gasteiger partial charge >= 0.3 is 0 Å². The number of rotatable bonds is 4. The summed E-state index contributed by atoms with van der Waals surface area (Å²) in [5.74, 6) is 0.242. The van der Waals surface area contributed by atoms with E-state index in [1.807, 2.05) is 43.3 Å². The molecular weight excluding hydrogens is 379 g/mol. The van der Waals surface area contributed by atoms with Crippen LogP contribution in [0.25, 0.3) is 0 Å². The minimum Gasteiger partial charge on any atom is -0.496 e. The standard InChI is InChI=1S/C16H15IN2O2/c1-11-7-8-13(15(9-11)21-2)16(20)19-18-10-12-5-3-4-6-14(12)17/h3-10H,1-2H3,(H,19,20)/b18-10-. The van der Waals surface area contributed by atoms with E-state index in [4.69, 9.17) is 4.74 Å². The Morgan fingerprint density at radius 1 is 1.29 bits per heavy atom. The third-order valence-electron chi connectivity index (χ3n) is 2.88. The summed E-state index contributed by atoms with van der Waals surface area (Å²) in [6.45, 7) is 1.94. The van der Waals surface area contributed by atoms with Crippen molar-refractivity contribution in [3.63, 3.8) is 0 Å². The lowest BCUT2D eigenvalue weighted by Gasteiger charge is -2.07. The summed E-state index contributed by atoms with van der Waals surface area (Å²) in [5, 5.41) is 3.99. The van der Waals surface area contributed by atoms with Crippen molar-refractivity contribution < 1.29 is 9.53 Å². The van der Waals surface area contributed by atoms with Crippen molar-refractivity contribution in [3.8, 4) is 5.75 Å². The number of carbonyl (C=O) groups excluding carboxylic acids is 1. The highest BCUT2D eigenvalue weighted by molar-refractivity contribution is 14.1. The fourth-order valence-corrected chi connectivity index (χ4v) is 2.31. The Balaban J connectivity index is 2.10. The summed E-state index contributed by atoms with van der Waals surface area (Å²) in [6.07, 6.45) is 1.63. The highest BCUT2D eigenvalue weighted by atomic mass is 127. The Morgan fingerprint density at radius 2 is 2.05 bits per heavy atom. The molecule has 4 nitrogen and oxygen atoms in total. The zero-order valence-electron chi connectivity index (χ0n) is 11.8. The van der Waals surface area contributed by atoms with Crippen molar-refractivity contribution in [2.45, 2.75) is 6.92 Å². The molecule has 0 unspecified atom stereocenters. The van der Waals surface area contributed by atoms with Crippen molar-refractivity contribution >= 4 is 34.7 Å². The first-order valence-electron chi connectivity index (χ1n) is 6.34. The maximum Gasteiger partial charge on any atom is 0.275 e. The normalized spacial score (nSPS) is 10.6. The molecule has 0 aliphatic rings. The molecule has 2 aromatic rings. The van der Waals surface area contributed by atoms with E-state index in [9.17, 15) is 4.79 Å². The number of nitrogens with zero attached hydrogens (tertiary/aromatic N) is 1. The first-order valence-corrected chi connectivity index (χ1v) is 7.42. The van der Waals surface area contributed by atoms with E-state index < -0.39 is 0 Å². The first kappa shape index (κ1) is 15.5. The van der Waals surface area contributed by atoms with Crippen LogP contribution >= 0.6 is 22.6 Å². The van der Waals surface area contributed by atoms with Crippen LogP contribution in [0.4, 0.5) is 0 Å². The largest absolute Gasteiger partial charge is 0.496 e. The minimum atomic E-state index is -0.297. The summed E-state index contributed by atoms with van der Waals surface area (Å²) in [4.78, 5) is 12.1. The summed E-state index contributed by atoms with van der Waals surface area (Å²) in [5.41, 5.74) is 4.96. The molecule has 0 heterocycles. The molecule has 21 heavy (non-hydrogen) atoms. The van der Waals surface area contributed by atoms with Crippen LogP contribution in [0.2, 0.25) is 0 Å². The number of amides is 1. The smallest absolute Gasteiger partial charge is 0.275 e. The Labute approximate surface area is 137 Å². The second-order valence-electron chi connectivity index (χ2n) is 4.42. The van der Waals surface area contributed by atoms with Gasteiger partial charge in [0.25, 0.3) is 5.91 Å². The van der Waals surface area contributed by atoms with Crippen LogP contribution in [0.3, 0.4) is 0 Å². The Kier molecular flexibility index (Phi) is 5.32. The molecule has 0 atom stereocenters. The van der Waals surface area contributed by atoms with Gasteiger partial charge in [0, 0.05) is 9.13 Å². The zero-order chi connectivity index (χ0) is 15.2. The molecule has 0 aliphatic carbocycles. The number of hydrazone groups is 1. The van der Waals surface area contributed by atoms with Crippen LogP contribution < -0.4 is 10.2 Å². The lowest BCUT2D eigenvalue weighted by Crippen LogP contribution is -2.18. The van der Waals surface area contributed by atoms with E-state index >= 15 is 0 Å². The molecule has 0 saturated heterocycles. The Bertz CT molecular complexity index is 684. The van der Waals surface area contributed by atoms with Gasteiger partial charge in [-0.2, -0.15) is 5.10 Å². The second kappa shape index (κ2) is 7.21. The minimum absolute atomic E-state index is 0.297. The predicted molar refractivity (Wildman–Crippen MR) is 92.0 cm³/mol. The lowest BCUT2D eigenvalue weighted by molar-refractivity contribution is 0.0952. The maximum absolute atomic E-state index is 12.1. The highest BCUT2D eigenvalue weighted by Crippen LogP contribution is 2.19. The van der Waals surface area contributed by atoms with Crippen LogP contribution in [0.1, 0.15) is 21.5 Å². The average Bonchev–Trinajstić information content (AvgIpc) is 2.48. The molecule has 108 valence electrons. The van der Waals surface area contributed by atoms with Crippen LogP contribution in [0.15, 0.2) is 47.6 Å². The molecule has 0 aliphatic heterocycles. The molecule has 0 aromatic heterocycles. The maximum atomic E-state index is 12.1. The molecule has 5 heteroatoms. The van der Waals surface area contributed by atoms with Crippen LogP contribution in [0, 0.1) is 10.5 Å². The summed E-state index contributed by atoms with van der Waals surface area (Å²) in [6, 6.07) is 13.2. The number of aryl methyl sites for hydroxylation is 1. The summed E-state index contributed by atoms with van der Waals surface area (Å²) in [7, 11) is 1.54. The number of benzene rings is 2. The van der Waals surface area contributed by atoms with Gasteiger partial charge in [0.05, 0.1) is 18.9 Å². The molecular formula is C16H15IN2O2. The number of hydrogen-bond donors (Lipinski definition) is 1. The van der Waals surface area contributed by atoms with E-state index in [1.165, 1.54) is 0 Å². The average molecular weight is 394 g/mol. The molecule has 0 bridgehead atoms. The van der Waals surface area contributed by atoms with E-state index in [0.29, 0.717) is 11.3 Å². The molecule has 1 N–H and O–H groups in total. The molecule has 0 saturated carbocycles. The number of hydrogen-bond acceptors (Lipinski definition) is 3. The third-order valence-corrected chi connectivity index (χ3v) is 3.86.